The Morgan fingerprint density at radius 1 is 1.12 bits per heavy atom. The fourth-order valence-electron chi connectivity index (χ4n) is 3.51. The van der Waals surface area contributed by atoms with Crippen LogP contribution in [-0.4, -0.2) is 63.1 Å². The molecule has 4 rings (SSSR count). The standard InChI is InChI=1S/C21H25BN8O3/c1-29(2)19-18(24-12-13-6-4-8-15(10-13)22(31)32)26-20(28-27-19)30-16-9-5-7-14(11-23)17(16)25-21(30)33-3/h4-10,31-32H,11-12,23H2,1-3H3,(H,24,26,28). The van der Waals surface area contributed by atoms with E-state index in [0.717, 1.165) is 16.6 Å². The normalized spacial score (nSPS) is 11.0. The van der Waals surface area contributed by atoms with Crippen LogP contribution in [0, 0.1) is 0 Å². The van der Waals surface area contributed by atoms with E-state index in [9.17, 15) is 10.0 Å². The fourth-order valence-corrected chi connectivity index (χ4v) is 3.51. The van der Waals surface area contributed by atoms with E-state index in [4.69, 9.17) is 15.5 Å². The number of hydrogen-bond donors (Lipinski definition) is 4. The summed E-state index contributed by atoms with van der Waals surface area (Å²) < 4.78 is 7.18. The van der Waals surface area contributed by atoms with Crippen LogP contribution in [0.2, 0.25) is 0 Å². The zero-order valence-corrected chi connectivity index (χ0v) is 18.6. The molecular weight excluding hydrogens is 423 g/mol. The number of nitrogens with zero attached hydrogens (tertiary/aromatic N) is 6. The van der Waals surface area contributed by atoms with Crippen LogP contribution < -0.4 is 26.2 Å². The number of imidazole rings is 1. The summed E-state index contributed by atoms with van der Waals surface area (Å²) in [5, 5.41) is 30.8. The number of methoxy groups -OCH3 is 1. The van der Waals surface area contributed by atoms with E-state index < -0.39 is 7.12 Å². The zero-order valence-electron chi connectivity index (χ0n) is 18.6. The molecular formula is C21H25BN8O3. The third-order valence-corrected chi connectivity index (χ3v) is 5.13. The average molecular weight is 448 g/mol. The van der Waals surface area contributed by atoms with E-state index in [-0.39, 0.29) is 5.95 Å². The van der Waals surface area contributed by atoms with Crippen LogP contribution in [-0.2, 0) is 13.1 Å². The van der Waals surface area contributed by atoms with Gasteiger partial charge in [-0.1, -0.05) is 36.4 Å². The summed E-state index contributed by atoms with van der Waals surface area (Å²) in [5.74, 6) is 1.33. The number of para-hydroxylation sites is 1. The molecule has 0 saturated heterocycles. The predicted molar refractivity (Wildman–Crippen MR) is 127 cm³/mol. The molecule has 4 aromatic rings. The van der Waals surface area contributed by atoms with Crippen molar-refractivity contribution in [3.05, 3.63) is 53.6 Å². The minimum absolute atomic E-state index is 0.288. The first-order valence-electron chi connectivity index (χ1n) is 10.3. The van der Waals surface area contributed by atoms with Crippen LogP contribution in [0.25, 0.3) is 17.0 Å². The third-order valence-electron chi connectivity index (χ3n) is 5.13. The summed E-state index contributed by atoms with van der Waals surface area (Å²) >= 11 is 0. The van der Waals surface area contributed by atoms with Gasteiger partial charge in [-0.25, -0.2) is 4.57 Å². The molecule has 2 aromatic carbocycles. The molecule has 0 fully saturated rings. The summed E-state index contributed by atoms with van der Waals surface area (Å²) in [7, 11) is 3.69. The fraction of sp³-hybridized carbons (Fsp3) is 0.238. The number of aromatic nitrogens is 5. The van der Waals surface area contributed by atoms with E-state index in [2.05, 4.69) is 20.5 Å². The topological polar surface area (TPSA) is 147 Å². The largest absolute Gasteiger partial charge is 0.488 e. The number of fused-ring (bicyclic) bond motifs is 1. The van der Waals surface area contributed by atoms with Crippen molar-refractivity contribution in [2.75, 3.05) is 31.4 Å². The lowest BCUT2D eigenvalue weighted by molar-refractivity contribution is 0.373. The van der Waals surface area contributed by atoms with E-state index in [1.807, 2.05) is 38.4 Å². The van der Waals surface area contributed by atoms with Gasteiger partial charge < -0.3 is 30.7 Å². The minimum Gasteiger partial charge on any atom is -0.468 e. The molecule has 33 heavy (non-hydrogen) atoms. The molecule has 0 aliphatic heterocycles. The van der Waals surface area contributed by atoms with Gasteiger partial charge in [0.15, 0.2) is 11.6 Å². The number of ether oxygens (including phenoxy) is 1. The molecule has 5 N–H and O–H groups in total. The molecule has 2 aromatic heterocycles. The third kappa shape index (κ3) is 4.44. The molecule has 0 aliphatic carbocycles. The maximum Gasteiger partial charge on any atom is 0.488 e. The minimum atomic E-state index is -1.53. The maximum absolute atomic E-state index is 9.44. The van der Waals surface area contributed by atoms with Gasteiger partial charge in [-0.3, -0.25) is 0 Å². The predicted octanol–water partition coefficient (Wildman–Crippen LogP) is 0.0357. The van der Waals surface area contributed by atoms with Crippen LogP contribution in [0.4, 0.5) is 11.6 Å². The summed E-state index contributed by atoms with van der Waals surface area (Å²) in [5.41, 5.74) is 9.49. The Kier molecular flexibility index (Phi) is 6.40. The van der Waals surface area contributed by atoms with Crippen LogP contribution in [0.1, 0.15) is 11.1 Å². The molecule has 11 nitrogen and oxygen atoms in total. The molecule has 170 valence electrons. The molecule has 0 unspecified atom stereocenters. The van der Waals surface area contributed by atoms with E-state index >= 15 is 0 Å². The summed E-state index contributed by atoms with van der Waals surface area (Å²) in [6, 6.07) is 13.0. The molecule has 12 heteroatoms. The van der Waals surface area contributed by atoms with Gasteiger partial charge >= 0.3 is 13.1 Å². The summed E-state index contributed by atoms with van der Waals surface area (Å²) in [4.78, 5) is 11.1. The molecule has 0 saturated carbocycles. The Morgan fingerprint density at radius 2 is 1.91 bits per heavy atom. The van der Waals surface area contributed by atoms with Crippen LogP contribution in [0.15, 0.2) is 42.5 Å². The van der Waals surface area contributed by atoms with Crippen molar-refractivity contribution in [3.8, 4) is 12.0 Å². The van der Waals surface area contributed by atoms with Crippen LogP contribution >= 0.6 is 0 Å². The highest BCUT2D eigenvalue weighted by Gasteiger charge is 2.20. The Labute approximate surface area is 191 Å². The van der Waals surface area contributed by atoms with Crippen molar-refractivity contribution in [2.24, 2.45) is 5.73 Å². The lowest BCUT2D eigenvalue weighted by Gasteiger charge is -2.17. The molecule has 0 atom stereocenters. The molecule has 0 bridgehead atoms. The zero-order chi connectivity index (χ0) is 23.5. The first kappa shape index (κ1) is 22.5. The quantitative estimate of drug-likeness (QED) is 0.272. The highest BCUT2D eigenvalue weighted by molar-refractivity contribution is 6.58. The second kappa shape index (κ2) is 9.41. The number of hydrogen-bond acceptors (Lipinski definition) is 10. The van der Waals surface area contributed by atoms with Gasteiger partial charge in [0.05, 0.1) is 18.1 Å². The Morgan fingerprint density at radius 3 is 2.61 bits per heavy atom. The lowest BCUT2D eigenvalue weighted by atomic mass is 9.80. The number of nitrogens with two attached hydrogens (primary N) is 1. The highest BCUT2D eigenvalue weighted by Crippen LogP contribution is 2.28. The number of nitrogens with one attached hydrogen (secondary N) is 1. The second-order valence-corrected chi connectivity index (χ2v) is 7.57. The SMILES string of the molecule is COc1nc2c(CN)cccc2n1-c1nnc(N(C)C)c(NCc2cccc(B(O)O)c2)n1. The van der Waals surface area contributed by atoms with Gasteiger partial charge in [0.2, 0.25) is 0 Å². The molecule has 0 radical (unpaired) electrons. The lowest BCUT2D eigenvalue weighted by Crippen LogP contribution is -2.30. The van der Waals surface area contributed by atoms with Gasteiger partial charge in [-0.05, 0) is 22.7 Å². The Bertz CT molecular complexity index is 1280. The van der Waals surface area contributed by atoms with Crippen molar-refractivity contribution in [2.45, 2.75) is 13.1 Å². The van der Waals surface area contributed by atoms with Crippen molar-refractivity contribution in [3.63, 3.8) is 0 Å². The van der Waals surface area contributed by atoms with Crippen molar-refractivity contribution in [1.82, 2.24) is 24.7 Å². The van der Waals surface area contributed by atoms with E-state index in [0.29, 0.717) is 41.7 Å². The smallest absolute Gasteiger partial charge is 0.468 e. The number of rotatable bonds is 8. The van der Waals surface area contributed by atoms with Crippen molar-refractivity contribution in [1.29, 1.82) is 0 Å². The second-order valence-electron chi connectivity index (χ2n) is 7.57. The summed E-state index contributed by atoms with van der Waals surface area (Å²) in [6.07, 6.45) is 0. The van der Waals surface area contributed by atoms with Gasteiger partial charge in [0, 0.05) is 27.2 Å². The molecule has 0 aliphatic rings. The van der Waals surface area contributed by atoms with E-state index in [1.54, 1.807) is 27.7 Å². The van der Waals surface area contributed by atoms with E-state index in [1.165, 1.54) is 7.11 Å². The van der Waals surface area contributed by atoms with Gasteiger partial charge in [0.1, 0.15) is 0 Å². The molecule has 2 heterocycles. The van der Waals surface area contributed by atoms with Crippen molar-refractivity contribution >= 4 is 35.3 Å². The van der Waals surface area contributed by atoms with Crippen molar-refractivity contribution < 1.29 is 14.8 Å². The van der Waals surface area contributed by atoms with Gasteiger partial charge in [-0.15, -0.1) is 10.2 Å². The van der Waals surface area contributed by atoms with Crippen LogP contribution in [0.3, 0.4) is 0 Å². The van der Waals surface area contributed by atoms with Gasteiger partial charge in [0.25, 0.3) is 5.95 Å². The number of benzene rings is 2. The molecule has 0 spiro atoms. The first-order valence-corrected chi connectivity index (χ1v) is 10.3. The highest BCUT2D eigenvalue weighted by atomic mass is 16.5. The molecule has 0 amide bonds. The Balaban J connectivity index is 1.75. The van der Waals surface area contributed by atoms with Crippen LogP contribution in [0.5, 0.6) is 6.01 Å². The first-order chi connectivity index (χ1) is 15.9. The Hall–Kier alpha value is -3.74. The average Bonchev–Trinajstić information content (AvgIpc) is 3.21. The van der Waals surface area contributed by atoms with Gasteiger partial charge in [-0.2, -0.15) is 9.97 Å². The summed E-state index contributed by atoms with van der Waals surface area (Å²) in [6.45, 7) is 0.725. The maximum atomic E-state index is 9.44. The number of anilines is 2. The monoisotopic (exact) mass is 448 g/mol.